The molecule has 0 amide bonds. The second-order valence-corrected chi connectivity index (χ2v) is 7.24. The number of likely N-dealkylation sites (N-methyl/N-ethyl adjacent to an activating group) is 1. The average molecular weight is 280 g/mol. The van der Waals surface area contributed by atoms with Gasteiger partial charge in [0, 0.05) is 11.6 Å². The number of hydrogen-bond donors (Lipinski definition) is 1. The highest BCUT2D eigenvalue weighted by atomic mass is 32.1. The maximum Gasteiger partial charge on any atom is 0.0354 e. The number of hydrogen-bond acceptors (Lipinski definition) is 3. The highest BCUT2D eigenvalue weighted by molar-refractivity contribution is 7.07. The molecule has 19 heavy (non-hydrogen) atoms. The van der Waals surface area contributed by atoms with E-state index in [-0.39, 0.29) is 11.6 Å². The summed E-state index contributed by atoms with van der Waals surface area (Å²) in [5.41, 5.74) is 8.28. The van der Waals surface area contributed by atoms with Gasteiger partial charge in [-0.1, -0.05) is 6.92 Å². The Morgan fingerprint density at radius 3 is 2.63 bits per heavy atom. The van der Waals surface area contributed by atoms with Gasteiger partial charge < -0.3 is 10.6 Å². The third kappa shape index (κ3) is 3.39. The van der Waals surface area contributed by atoms with Crippen molar-refractivity contribution in [2.75, 3.05) is 14.1 Å². The maximum absolute atomic E-state index is 6.61. The van der Waals surface area contributed by atoms with E-state index in [4.69, 9.17) is 5.73 Å². The third-order valence-corrected chi connectivity index (χ3v) is 5.78. The van der Waals surface area contributed by atoms with Crippen LogP contribution in [0.2, 0.25) is 0 Å². The SMILES string of the molecule is CC1CCC(C(N)CCc2ccsc2)(N(C)C)CC1. The van der Waals surface area contributed by atoms with Gasteiger partial charge in [-0.2, -0.15) is 11.3 Å². The van der Waals surface area contributed by atoms with Gasteiger partial charge in [0.05, 0.1) is 0 Å². The van der Waals surface area contributed by atoms with E-state index in [9.17, 15) is 0 Å². The fourth-order valence-corrected chi connectivity index (χ4v) is 4.14. The Morgan fingerprint density at radius 1 is 1.42 bits per heavy atom. The summed E-state index contributed by atoms with van der Waals surface area (Å²) in [6.45, 7) is 2.37. The number of nitrogens with zero attached hydrogens (tertiary/aromatic N) is 1. The van der Waals surface area contributed by atoms with Gasteiger partial charge in [-0.15, -0.1) is 0 Å². The number of aryl methyl sites for hydroxylation is 1. The van der Waals surface area contributed by atoms with E-state index in [1.165, 1.54) is 31.2 Å². The van der Waals surface area contributed by atoms with E-state index in [2.05, 4.69) is 42.7 Å². The largest absolute Gasteiger partial charge is 0.326 e. The summed E-state index contributed by atoms with van der Waals surface area (Å²) < 4.78 is 0. The summed E-state index contributed by atoms with van der Waals surface area (Å²) in [5.74, 6) is 0.872. The monoisotopic (exact) mass is 280 g/mol. The van der Waals surface area contributed by atoms with Gasteiger partial charge in [0.15, 0.2) is 0 Å². The lowest BCUT2D eigenvalue weighted by Crippen LogP contribution is -2.59. The van der Waals surface area contributed by atoms with E-state index in [1.807, 2.05) is 0 Å². The topological polar surface area (TPSA) is 29.3 Å². The van der Waals surface area contributed by atoms with Gasteiger partial charge in [0.25, 0.3) is 0 Å². The average Bonchev–Trinajstić information content (AvgIpc) is 2.90. The van der Waals surface area contributed by atoms with Crippen LogP contribution in [0.5, 0.6) is 0 Å². The lowest BCUT2D eigenvalue weighted by molar-refractivity contribution is 0.0541. The number of thiophene rings is 1. The molecule has 0 aromatic carbocycles. The number of nitrogens with two attached hydrogens (primary N) is 1. The molecule has 0 radical (unpaired) electrons. The third-order valence-electron chi connectivity index (χ3n) is 5.05. The molecule has 1 aromatic heterocycles. The smallest absolute Gasteiger partial charge is 0.0354 e. The zero-order valence-electron chi connectivity index (χ0n) is 12.6. The summed E-state index contributed by atoms with van der Waals surface area (Å²) in [5, 5.41) is 4.41. The van der Waals surface area contributed by atoms with Crippen LogP contribution >= 0.6 is 11.3 Å². The van der Waals surface area contributed by atoms with Gasteiger partial charge in [0.2, 0.25) is 0 Å². The van der Waals surface area contributed by atoms with E-state index >= 15 is 0 Å². The molecule has 1 aliphatic carbocycles. The molecule has 0 spiro atoms. The minimum atomic E-state index is 0.225. The Bertz CT molecular complexity index is 364. The van der Waals surface area contributed by atoms with Gasteiger partial charge >= 0.3 is 0 Å². The quantitative estimate of drug-likeness (QED) is 0.894. The Balaban J connectivity index is 1.98. The Hall–Kier alpha value is -0.380. The summed E-state index contributed by atoms with van der Waals surface area (Å²) in [6.07, 6.45) is 7.38. The van der Waals surface area contributed by atoms with Crippen molar-refractivity contribution in [2.24, 2.45) is 11.7 Å². The van der Waals surface area contributed by atoms with Crippen LogP contribution in [0, 0.1) is 5.92 Å². The van der Waals surface area contributed by atoms with E-state index in [0.29, 0.717) is 0 Å². The predicted molar refractivity (Wildman–Crippen MR) is 84.7 cm³/mol. The van der Waals surface area contributed by atoms with Crippen LogP contribution in [0.4, 0.5) is 0 Å². The maximum atomic E-state index is 6.61. The van der Waals surface area contributed by atoms with Crippen LogP contribution in [-0.2, 0) is 6.42 Å². The molecule has 1 saturated carbocycles. The summed E-state index contributed by atoms with van der Waals surface area (Å²) in [6, 6.07) is 2.51. The molecular weight excluding hydrogens is 252 g/mol. The summed E-state index contributed by atoms with van der Waals surface area (Å²) >= 11 is 1.78. The predicted octanol–water partition coefficient (Wildman–Crippen LogP) is 3.52. The normalized spacial score (nSPS) is 29.6. The minimum Gasteiger partial charge on any atom is -0.326 e. The van der Waals surface area contributed by atoms with Crippen molar-refractivity contribution in [2.45, 2.75) is 57.0 Å². The lowest BCUT2D eigenvalue weighted by Gasteiger charge is -2.48. The summed E-state index contributed by atoms with van der Waals surface area (Å²) in [7, 11) is 4.42. The van der Waals surface area contributed by atoms with Crippen molar-refractivity contribution in [3.63, 3.8) is 0 Å². The Labute approximate surface area is 122 Å². The molecule has 108 valence electrons. The Kier molecular flexibility index (Phi) is 5.04. The summed E-state index contributed by atoms with van der Waals surface area (Å²) in [4.78, 5) is 2.40. The highest BCUT2D eigenvalue weighted by Gasteiger charge is 2.40. The first-order chi connectivity index (χ1) is 9.04. The van der Waals surface area contributed by atoms with Crippen molar-refractivity contribution < 1.29 is 0 Å². The molecule has 0 aliphatic heterocycles. The standard InChI is InChI=1S/C16H28N2S/c1-13-6-9-16(10-7-13,18(2)3)15(17)5-4-14-8-11-19-12-14/h8,11-13,15H,4-7,9-10,17H2,1-3H3. The fraction of sp³-hybridized carbons (Fsp3) is 0.750. The molecule has 2 rings (SSSR count). The van der Waals surface area contributed by atoms with Crippen LogP contribution in [0.1, 0.15) is 44.6 Å². The first kappa shape index (κ1) is 15.0. The highest BCUT2D eigenvalue weighted by Crippen LogP contribution is 2.38. The molecule has 3 heteroatoms. The molecule has 0 bridgehead atoms. The second kappa shape index (κ2) is 6.38. The molecule has 2 N–H and O–H groups in total. The van der Waals surface area contributed by atoms with Crippen molar-refractivity contribution in [3.8, 4) is 0 Å². The van der Waals surface area contributed by atoms with E-state index in [1.54, 1.807) is 11.3 Å². The first-order valence-electron chi connectivity index (χ1n) is 7.48. The van der Waals surface area contributed by atoms with E-state index in [0.717, 1.165) is 18.8 Å². The van der Waals surface area contributed by atoms with Gasteiger partial charge in [-0.05, 0) is 80.9 Å². The van der Waals surface area contributed by atoms with Crippen LogP contribution in [-0.4, -0.2) is 30.6 Å². The minimum absolute atomic E-state index is 0.225. The Morgan fingerprint density at radius 2 is 2.11 bits per heavy atom. The van der Waals surface area contributed by atoms with Crippen LogP contribution in [0.3, 0.4) is 0 Å². The van der Waals surface area contributed by atoms with Gasteiger partial charge in [-0.3, -0.25) is 0 Å². The second-order valence-electron chi connectivity index (χ2n) is 6.46. The molecule has 1 unspecified atom stereocenters. The fourth-order valence-electron chi connectivity index (χ4n) is 3.44. The molecule has 1 atom stereocenters. The molecule has 2 nitrogen and oxygen atoms in total. The van der Waals surface area contributed by atoms with Crippen molar-refractivity contribution in [1.82, 2.24) is 4.90 Å². The number of rotatable bonds is 5. The van der Waals surface area contributed by atoms with Crippen molar-refractivity contribution in [3.05, 3.63) is 22.4 Å². The first-order valence-corrected chi connectivity index (χ1v) is 8.43. The molecule has 1 aromatic rings. The molecule has 1 fully saturated rings. The zero-order valence-corrected chi connectivity index (χ0v) is 13.4. The van der Waals surface area contributed by atoms with Crippen LogP contribution in [0.25, 0.3) is 0 Å². The van der Waals surface area contributed by atoms with Gasteiger partial charge in [0.1, 0.15) is 0 Å². The van der Waals surface area contributed by atoms with Crippen LogP contribution < -0.4 is 5.73 Å². The molecular formula is C16H28N2S. The molecule has 0 saturated heterocycles. The van der Waals surface area contributed by atoms with Crippen molar-refractivity contribution >= 4 is 11.3 Å². The van der Waals surface area contributed by atoms with Crippen molar-refractivity contribution in [1.29, 1.82) is 0 Å². The van der Waals surface area contributed by atoms with Crippen LogP contribution in [0.15, 0.2) is 16.8 Å². The van der Waals surface area contributed by atoms with E-state index < -0.39 is 0 Å². The zero-order chi connectivity index (χ0) is 13.9. The lowest BCUT2D eigenvalue weighted by atomic mass is 9.71. The van der Waals surface area contributed by atoms with Gasteiger partial charge in [-0.25, -0.2) is 0 Å². The molecule has 1 aliphatic rings. The molecule has 1 heterocycles.